The van der Waals surface area contributed by atoms with Gasteiger partial charge in [-0.15, -0.1) is 0 Å². The van der Waals surface area contributed by atoms with Gasteiger partial charge in [0.1, 0.15) is 5.82 Å². The Morgan fingerprint density at radius 2 is 1.95 bits per heavy atom. The molecule has 0 aliphatic carbocycles. The molecule has 0 saturated carbocycles. The molecule has 0 bridgehead atoms. The van der Waals surface area contributed by atoms with E-state index in [1.165, 1.54) is 13.2 Å². The number of anilines is 3. The van der Waals surface area contributed by atoms with Gasteiger partial charge in [-0.2, -0.15) is 0 Å². The first-order valence-corrected chi connectivity index (χ1v) is 14.0. The van der Waals surface area contributed by atoms with Crippen molar-refractivity contribution in [2.24, 2.45) is 0 Å². The molecule has 3 heterocycles. The Bertz CT molecular complexity index is 1400. The standard InChI is InChI=1S/C25H29ClN6O4S/c1-17-6-7-19(24(33)32-11-13-36-14-12-32)15-22(17)30-25-28-16-20(26)21(29-25)9-8-18-5-4-10-27-23(18)31(2)37(3,34)35/h4-7,10,15-16H,8-9,11-14H2,1-3H3,(H,28,29,30). The van der Waals surface area contributed by atoms with Gasteiger partial charge in [0.05, 0.1) is 36.4 Å². The normalized spacial score (nSPS) is 13.9. The summed E-state index contributed by atoms with van der Waals surface area (Å²) >= 11 is 6.39. The van der Waals surface area contributed by atoms with E-state index in [9.17, 15) is 13.2 Å². The number of halogens is 1. The van der Waals surface area contributed by atoms with E-state index in [0.29, 0.717) is 67.2 Å². The van der Waals surface area contributed by atoms with Gasteiger partial charge in [-0.05, 0) is 49.1 Å². The number of aromatic nitrogens is 3. The van der Waals surface area contributed by atoms with Crippen LogP contribution < -0.4 is 9.62 Å². The Hall–Kier alpha value is -3.28. The molecule has 1 fully saturated rings. The summed E-state index contributed by atoms with van der Waals surface area (Å²) in [6.07, 6.45) is 5.14. The molecular formula is C25H29ClN6O4S. The molecule has 0 unspecified atom stereocenters. The number of carbonyl (C=O) groups is 1. The molecular weight excluding hydrogens is 516 g/mol. The number of pyridine rings is 1. The van der Waals surface area contributed by atoms with Crippen molar-refractivity contribution in [2.75, 3.05) is 49.2 Å². The van der Waals surface area contributed by atoms with Crippen LogP contribution in [0.1, 0.15) is 27.2 Å². The second-order valence-electron chi connectivity index (χ2n) is 8.76. The first-order chi connectivity index (χ1) is 17.6. The Labute approximate surface area is 221 Å². The largest absolute Gasteiger partial charge is 0.378 e. The molecule has 12 heteroatoms. The van der Waals surface area contributed by atoms with E-state index in [-0.39, 0.29) is 5.91 Å². The minimum atomic E-state index is -3.46. The third-order valence-corrected chi connectivity index (χ3v) is 7.62. The Morgan fingerprint density at radius 1 is 1.19 bits per heavy atom. The number of sulfonamides is 1. The van der Waals surface area contributed by atoms with Crippen molar-refractivity contribution in [1.82, 2.24) is 19.9 Å². The topological polar surface area (TPSA) is 118 Å². The molecule has 0 atom stereocenters. The van der Waals surface area contributed by atoms with Gasteiger partial charge in [-0.3, -0.25) is 9.10 Å². The van der Waals surface area contributed by atoms with E-state index in [1.54, 1.807) is 23.2 Å². The van der Waals surface area contributed by atoms with Gasteiger partial charge < -0.3 is 15.0 Å². The molecule has 196 valence electrons. The van der Waals surface area contributed by atoms with Crippen molar-refractivity contribution < 1.29 is 17.9 Å². The highest BCUT2D eigenvalue weighted by molar-refractivity contribution is 7.92. The number of carbonyl (C=O) groups excluding carboxylic acids is 1. The molecule has 1 aliphatic rings. The fraction of sp³-hybridized carbons (Fsp3) is 0.360. The quantitative estimate of drug-likeness (QED) is 0.459. The average molecular weight is 545 g/mol. The number of hydrogen-bond acceptors (Lipinski definition) is 8. The van der Waals surface area contributed by atoms with Gasteiger partial charge in [0.15, 0.2) is 0 Å². The zero-order valence-corrected chi connectivity index (χ0v) is 22.5. The van der Waals surface area contributed by atoms with Gasteiger partial charge in [-0.25, -0.2) is 23.4 Å². The molecule has 1 N–H and O–H groups in total. The van der Waals surface area contributed by atoms with Gasteiger partial charge in [0.2, 0.25) is 16.0 Å². The monoisotopic (exact) mass is 544 g/mol. The predicted octanol–water partition coefficient (Wildman–Crippen LogP) is 3.23. The minimum absolute atomic E-state index is 0.0459. The lowest BCUT2D eigenvalue weighted by molar-refractivity contribution is 0.0303. The summed E-state index contributed by atoms with van der Waals surface area (Å²) in [6.45, 7) is 4.14. The van der Waals surface area contributed by atoms with Crippen LogP contribution in [-0.2, 0) is 27.6 Å². The Balaban J connectivity index is 1.52. The van der Waals surface area contributed by atoms with Crippen LogP contribution in [0.25, 0.3) is 0 Å². The van der Waals surface area contributed by atoms with Gasteiger partial charge >= 0.3 is 0 Å². The summed E-state index contributed by atoms with van der Waals surface area (Å²) in [5.41, 5.74) is 3.58. The molecule has 0 spiro atoms. The number of aryl methyl sites for hydroxylation is 3. The first kappa shape index (κ1) is 26.8. The number of amides is 1. The highest BCUT2D eigenvalue weighted by Crippen LogP contribution is 2.25. The molecule has 3 aromatic rings. The number of nitrogens with one attached hydrogen (secondary N) is 1. The van der Waals surface area contributed by atoms with Crippen LogP contribution in [-0.4, -0.2) is 73.8 Å². The van der Waals surface area contributed by atoms with E-state index >= 15 is 0 Å². The lowest BCUT2D eigenvalue weighted by Crippen LogP contribution is -2.40. The third-order valence-electron chi connectivity index (χ3n) is 6.14. The number of hydrogen-bond donors (Lipinski definition) is 1. The third kappa shape index (κ3) is 6.54. The Kier molecular flexibility index (Phi) is 8.25. The highest BCUT2D eigenvalue weighted by atomic mass is 35.5. The summed E-state index contributed by atoms with van der Waals surface area (Å²) in [7, 11) is -1.98. The van der Waals surface area contributed by atoms with Gasteiger partial charge in [0.25, 0.3) is 5.91 Å². The lowest BCUT2D eigenvalue weighted by Gasteiger charge is -2.27. The average Bonchev–Trinajstić information content (AvgIpc) is 2.89. The molecule has 1 amide bonds. The molecule has 37 heavy (non-hydrogen) atoms. The van der Waals surface area contributed by atoms with E-state index < -0.39 is 10.0 Å². The summed E-state index contributed by atoms with van der Waals surface area (Å²) in [5.74, 6) is 0.666. The van der Waals surface area contributed by atoms with Crippen molar-refractivity contribution in [3.63, 3.8) is 0 Å². The number of nitrogens with zero attached hydrogens (tertiary/aromatic N) is 5. The number of benzene rings is 1. The van der Waals surface area contributed by atoms with E-state index in [1.807, 2.05) is 25.1 Å². The lowest BCUT2D eigenvalue weighted by atomic mass is 10.1. The molecule has 1 saturated heterocycles. The van der Waals surface area contributed by atoms with Gasteiger partial charge in [-0.1, -0.05) is 23.7 Å². The highest BCUT2D eigenvalue weighted by Gasteiger charge is 2.20. The summed E-state index contributed by atoms with van der Waals surface area (Å²) in [4.78, 5) is 27.8. The maximum absolute atomic E-state index is 12.9. The first-order valence-electron chi connectivity index (χ1n) is 11.8. The fourth-order valence-electron chi connectivity index (χ4n) is 3.92. The second-order valence-corrected chi connectivity index (χ2v) is 11.2. The fourth-order valence-corrected chi connectivity index (χ4v) is 4.58. The maximum Gasteiger partial charge on any atom is 0.254 e. The predicted molar refractivity (Wildman–Crippen MR) is 143 cm³/mol. The van der Waals surface area contributed by atoms with E-state index in [4.69, 9.17) is 16.3 Å². The van der Waals surface area contributed by atoms with Crippen LogP contribution in [0.3, 0.4) is 0 Å². The maximum atomic E-state index is 12.9. The second kappa shape index (κ2) is 11.4. The van der Waals surface area contributed by atoms with Crippen LogP contribution in [0.5, 0.6) is 0 Å². The van der Waals surface area contributed by atoms with Crippen LogP contribution in [0.15, 0.2) is 42.7 Å². The van der Waals surface area contributed by atoms with Crippen LogP contribution >= 0.6 is 11.6 Å². The Morgan fingerprint density at radius 3 is 2.68 bits per heavy atom. The van der Waals surface area contributed by atoms with Crippen LogP contribution in [0.4, 0.5) is 17.5 Å². The molecule has 10 nitrogen and oxygen atoms in total. The number of morpholine rings is 1. The van der Waals surface area contributed by atoms with Crippen LogP contribution in [0, 0.1) is 6.92 Å². The molecule has 0 radical (unpaired) electrons. The molecule has 4 rings (SSSR count). The van der Waals surface area contributed by atoms with Crippen molar-refractivity contribution in [3.05, 3.63) is 70.1 Å². The summed E-state index contributed by atoms with van der Waals surface area (Å²) in [6, 6.07) is 9.09. The van der Waals surface area contributed by atoms with Gasteiger partial charge in [0, 0.05) is 37.6 Å². The van der Waals surface area contributed by atoms with Crippen molar-refractivity contribution in [3.8, 4) is 0 Å². The smallest absolute Gasteiger partial charge is 0.254 e. The molecule has 1 aromatic carbocycles. The SMILES string of the molecule is Cc1ccc(C(=O)N2CCOCC2)cc1Nc1ncc(Cl)c(CCc2cccnc2N(C)S(C)(=O)=O)n1. The van der Waals surface area contributed by atoms with Crippen molar-refractivity contribution >= 4 is 45.0 Å². The summed E-state index contributed by atoms with van der Waals surface area (Å²) in [5, 5.41) is 3.61. The number of rotatable bonds is 8. The van der Waals surface area contributed by atoms with Crippen LogP contribution in [0.2, 0.25) is 5.02 Å². The van der Waals surface area contributed by atoms with Crippen molar-refractivity contribution in [1.29, 1.82) is 0 Å². The van der Waals surface area contributed by atoms with E-state index in [2.05, 4.69) is 20.3 Å². The summed E-state index contributed by atoms with van der Waals surface area (Å²) < 4.78 is 30.5. The minimum Gasteiger partial charge on any atom is -0.378 e. The van der Waals surface area contributed by atoms with Crippen molar-refractivity contribution in [2.45, 2.75) is 19.8 Å². The zero-order chi connectivity index (χ0) is 26.6. The zero-order valence-electron chi connectivity index (χ0n) is 20.9. The van der Waals surface area contributed by atoms with E-state index in [0.717, 1.165) is 27.4 Å². The number of ether oxygens (including phenoxy) is 1. The molecule has 2 aromatic heterocycles. The molecule has 1 aliphatic heterocycles.